The second-order valence-electron chi connectivity index (χ2n) is 4.00. The predicted octanol–water partition coefficient (Wildman–Crippen LogP) is 1.62. The van der Waals surface area contributed by atoms with E-state index < -0.39 is 17.9 Å². The molecule has 3 nitrogen and oxygen atoms in total. The second-order valence-corrected chi connectivity index (χ2v) is 4.00. The van der Waals surface area contributed by atoms with Crippen LogP contribution >= 0.6 is 0 Å². The van der Waals surface area contributed by atoms with E-state index in [0.717, 1.165) is 0 Å². The second kappa shape index (κ2) is 2.92. The minimum atomic E-state index is -0.877. The highest BCUT2D eigenvalue weighted by molar-refractivity contribution is 5.68. The molecule has 1 amide bonds. The Labute approximate surface area is 71.3 Å². The van der Waals surface area contributed by atoms with Gasteiger partial charge in [-0.05, 0) is 20.8 Å². The lowest BCUT2D eigenvalue weighted by atomic mass is 10.2. The van der Waals surface area contributed by atoms with Gasteiger partial charge in [0.1, 0.15) is 11.8 Å². The van der Waals surface area contributed by atoms with Gasteiger partial charge in [-0.25, -0.2) is 9.18 Å². The fourth-order valence-electron chi connectivity index (χ4n) is 0.772. The highest BCUT2D eigenvalue weighted by Gasteiger charge is 2.39. The van der Waals surface area contributed by atoms with E-state index in [1.165, 1.54) is 0 Å². The van der Waals surface area contributed by atoms with Gasteiger partial charge in [-0.15, -0.1) is 0 Å². The molecular formula is C8H14FNO2. The normalized spacial score (nSPS) is 28.0. The van der Waals surface area contributed by atoms with Crippen LogP contribution in [-0.4, -0.2) is 23.9 Å². The van der Waals surface area contributed by atoms with Crippen molar-refractivity contribution in [2.24, 2.45) is 0 Å². The maximum absolute atomic E-state index is 12.3. The first-order valence-electron chi connectivity index (χ1n) is 4.02. The summed E-state index contributed by atoms with van der Waals surface area (Å²) < 4.78 is 17.2. The molecule has 2 unspecified atom stereocenters. The molecule has 70 valence electrons. The van der Waals surface area contributed by atoms with Crippen LogP contribution in [-0.2, 0) is 4.74 Å². The number of carbonyl (C=O) groups is 1. The first kappa shape index (κ1) is 9.29. The average molecular weight is 175 g/mol. The van der Waals surface area contributed by atoms with E-state index in [1.807, 2.05) is 0 Å². The van der Waals surface area contributed by atoms with Crippen LogP contribution in [0.3, 0.4) is 0 Å². The fourth-order valence-corrected chi connectivity index (χ4v) is 0.772. The van der Waals surface area contributed by atoms with E-state index in [-0.39, 0.29) is 6.04 Å². The molecule has 0 saturated heterocycles. The van der Waals surface area contributed by atoms with Crippen LogP contribution in [0.15, 0.2) is 0 Å². The number of halogens is 1. The lowest BCUT2D eigenvalue weighted by Gasteiger charge is -2.19. The number of alkyl carbamates (subject to hydrolysis) is 1. The van der Waals surface area contributed by atoms with Gasteiger partial charge >= 0.3 is 6.09 Å². The number of amides is 1. The zero-order chi connectivity index (χ0) is 9.35. The highest BCUT2D eigenvalue weighted by atomic mass is 19.1. The number of nitrogens with one attached hydrogen (secondary N) is 1. The standard InChI is InChI=1S/C8H14FNO2/c1-8(2,3)12-7(11)10-6-4-5(6)9/h5-6H,4H2,1-3H3,(H,10,11). The molecule has 4 heteroatoms. The number of ether oxygens (including phenoxy) is 1. The molecule has 0 aromatic rings. The molecule has 0 radical (unpaired) electrons. The van der Waals surface area contributed by atoms with Gasteiger partial charge in [0.2, 0.25) is 0 Å². The van der Waals surface area contributed by atoms with Crippen molar-refractivity contribution < 1.29 is 13.9 Å². The average Bonchev–Trinajstić information content (AvgIpc) is 2.40. The summed E-state index contributed by atoms with van der Waals surface area (Å²) in [6.07, 6.45) is -0.996. The summed E-state index contributed by atoms with van der Waals surface area (Å²) in [6.45, 7) is 5.31. The Kier molecular flexibility index (Phi) is 2.26. The van der Waals surface area contributed by atoms with Gasteiger partial charge < -0.3 is 10.1 Å². The maximum Gasteiger partial charge on any atom is 0.407 e. The van der Waals surface area contributed by atoms with Crippen molar-refractivity contribution in [2.45, 2.75) is 45.0 Å². The Morgan fingerprint density at radius 3 is 2.42 bits per heavy atom. The number of hydrogen-bond acceptors (Lipinski definition) is 2. The third-order valence-corrected chi connectivity index (χ3v) is 1.41. The summed E-state index contributed by atoms with van der Waals surface area (Å²) in [4.78, 5) is 11.0. The fraction of sp³-hybridized carbons (Fsp3) is 0.875. The first-order valence-corrected chi connectivity index (χ1v) is 4.02. The summed E-state index contributed by atoms with van der Waals surface area (Å²) in [5.41, 5.74) is -0.509. The Morgan fingerprint density at radius 2 is 2.08 bits per heavy atom. The minimum absolute atomic E-state index is 0.320. The molecule has 0 aliphatic heterocycles. The van der Waals surface area contributed by atoms with Gasteiger partial charge in [-0.2, -0.15) is 0 Å². The van der Waals surface area contributed by atoms with E-state index in [4.69, 9.17) is 4.74 Å². The third-order valence-electron chi connectivity index (χ3n) is 1.41. The Bertz CT molecular complexity index is 188. The molecule has 1 aliphatic rings. The van der Waals surface area contributed by atoms with Crippen LogP contribution in [0.5, 0.6) is 0 Å². The molecule has 0 aromatic carbocycles. The summed E-state index contributed by atoms with van der Waals surface area (Å²) >= 11 is 0. The minimum Gasteiger partial charge on any atom is -0.444 e. The van der Waals surface area contributed by atoms with Gasteiger partial charge in [0.05, 0.1) is 6.04 Å². The SMILES string of the molecule is CC(C)(C)OC(=O)NC1CC1F. The van der Waals surface area contributed by atoms with E-state index >= 15 is 0 Å². The van der Waals surface area contributed by atoms with Crippen LogP contribution in [0.1, 0.15) is 27.2 Å². The Morgan fingerprint density at radius 1 is 1.58 bits per heavy atom. The number of carbonyl (C=O) groups excluding carboxylic acids is 1. The summed E-state index contributed by atoms with van der Waals surface area (Å²) in [7, 11) is 0. The summed E-state index contributed by atoms with van der Waals surface area (Å²) in [5.74, 6) is 0. The van der Waals surface area contributed by atoms with E-state index in [9.17, 15) is 9.18 Å². The van der Waals surface area contributed by atoms with Crippen molar-refractivity contribution in [3.05, 3.63) is 0 Å². The molecule has 0 spiro atoms. The van der Waals surface area contributed by atoms with Crippen LogP contribution in [0.25, 0.3) is 0 Å². The third kappa shape index (κ3) is 3.07. The summed E-state index contributed by atoms with van der Waals surface area (Å²) in [6, 6.07) is -0.320. The topological polar surface area (TPSA) is 38.3 Å². The lowest BCUT2D eigenvalue weighted by molar-refractivity contribution is 0.0519. The molecule has 1 fully saturated rings. The lowest BCUT2D eigenvalue weighted by Crippen LogP contribution is -2.34. The molecule has 1 rings (SSSR count). The van der Waals surface area contributed by atoms with Crippen LogP contribution in [0.4, 0.5) is 9.18 Å². The zero-order valence-electron chi connectivity index (χ0n) is 7.56. The molecule has 1 N–H and O–H groups in total. The quantitative estimate of drug-likeness (QED) is 0.657. The first-order chi connectivity index (χ1) is 5.38. The monoisotopic (exact) mass is 175 g/mol. The van der Waals surface area contributed by atoms with Crippen molar-refractivity contribution in [1.82, 2.24) is 5.32 Å². The summed E-state index contributed by atoms with van der Waals surface area (Å²) in [5, 5.41) is 2.42. The molecule has 1 aliphatic carbocycles. The van der Waals surface area contributed by atoms with Gasteiger partial charge in [0.25, 0.3) is 0 Å². The van der Waals surface area contributed by atoms with Gasteiger partial charge in [0, 0.05) is 6.42 Å². The number of alkyl halides is 1. The molecule has 2 atom stereocenters. The van der Waals surface area contributed by atoms with E-state index in [1.54, 1.807) is 20.8 Å². The molecule has 0 bridgehead atoms. The number of hydrogen-bond donors (Lipinski definition) is 1. The van der Waals surface area contributed by atoms with Crippen molar-refractivity contribution in [1.29, 1.82) is 0 Å². The molecule has 0 heterocycles. The van der Waals surface area contributed by atoms with Crippen molar-refractivity contribution in [3.8, 4) is 0 Å². The number of rotatable bonds is 1. The van der Waals surface area contributed by atoms with Crippen molar-refractivity contribution >= 4 is 6.09 Å². The zero-order valence-corrected chi connectivity index (χ0v) is 7.56. The van der Waals surface area contributed by atoms with Gasteiger partial charge in [-0.3, -0.25) is 0 Å². The molecule has 12 heavy (non-hydrogen) atoms. The van der Waals surface area contributed by atoms with Crippen LogP contribution in [0, 0.1) is 0 Å². The smallest absolute Gasteiger partial charge is 0.407 e. The Balaban J connectivity index is 2.21. The molecule has 0 aromatic heterocycles. The Hall–Kier alpha value is -0.800. The highest BCUT2D eigenvalue weighted by Crippen LogP contribution is 2.25. The maximum atomic E-state index is 12.3. The molecule has 1 saturated carbocycles. The van der Waals surface area contributed by atoms with Crippen LogP contribution < -0.4 is 5.32 Å². The van der Waals surface area contributed by atoms with Gasteiger partial charge in [0.15, 0.2) is 0 Å². The van der Waals surface area contributed by atoms with Crippen molar-refractivity contribution in [2.75, 3.05) is 0 Å². The van der Waals surface area contributed by atoms with E-state index in [0.29, 0.717) is 6.42 Å². The van der Waals surface area contributed by atoms with Crippen molar-refractivity contribution in [3.63, 3.8) is 0 Å². The van der Waals surface area contributed by atoms with Gasteiger partial charge in [-0.1, -0.05) is 0 Å². The molecular weight excluding hydrogens is 161 g/mol. The van der Waals surface area contributed by atoms with E-state index in [2.05, 4.69) is 5.32 Å². The largest absolute Gasteiger partial charge is 0.444 e. The van der Waals surface area contributed by atoms with Crippen LogP contribution in [0.2, 0.25) is 0 Å². The predicted molar refractivity (Wildman–Crippen MR) is 42.7 cm³/mol.